The van der Waals surface area contributed by atoms with Crippen molar-refractivity contribution in [1.82, 2.24) is 19.3 Å². The minimum Gasteiger partial charge on any atom is -0.378 e. The van der Waals surface area contributed by atoms with Gasteiger partial charge in [-0.1, -0.05) is 0 Å². The first kappa shape index (κ1) is 14.0. The predicted octanol–water partition coefficient (Wildman–Crippen LogP) is 1.45. The van der Waals surface area contributed by atoms with E-state index in [4.69, 9.17) is 4.74 Å². The minimum absolute atomic E-state index is 0.117. The molecule has 0 aliphatic carbocycles. The lowest BCUT2D eigenvalue weighted by Crippen LogP contribution is -2.35. The number of methoxy groups -OCH3 is 1. The zero-order valence-electron chi connectivity index (χ0n) is 11.6. The van der Waals surface area contributed by atoms with Gasteiger partial charge in [-0.15, -0.1) is 11.3 Å². The largest absolute Gasteiger partial charge is 0.378 e. The third-order valence-corrected chi connectivity index (χ3v) is 3.44. The van der Waals surface area contributed by atoms with Gasteiger partial charge in [-0.3, -0.25) is 4.57 Å². The number of nitrogens with zero attached hydrogens (tertiary/aromatic N) is 4. The van der Waals surface area contributed by atoms with Gasteiger partial charge in [0.2, 0.25) is 0 Å². The van der Waals surface area contributed by atoms with Gasteiger partial charge in [0, 0.05) is 12.5 Å². The van der Waals surface area contributed by atoms with Gasteiger partial charge in [0.15, 0.2) is 0 Å². The molecule has 0 amide bonds. The van der Waals surface area contributed by atoms with Crippen LogP contribution in [0.5, 0.6) is 0 Å². The van der Waals surface area contributed by atoms with Crippen molar-refractivity contribution in [2.75, 3.05) is 7.11 Å². The van der Waals surface area contributed by atoms with Gasteiger partial charge in [0.25, 0.3) is 0 Å². The summed E-state index contributed by atoms with van der Waals surface area (Å²) in [6.07, 6.45) is 1.56. The highest BCUT2D eigenvalue weighted by atomic mass is 32.1. The van der Waals surface area contributed by atoms with Crippen molar-refractivity contribution in [1.29, 1.82) is 0 Å². The van der Waals surface area contributed by atoms with E-state index in [2.05, 4.69) is 10.1 Å². The van der Waals surface area contributed by atoms with Crippen molar-refractivity contribution < 1.29 is 4.74 Å². The van der Waals surface area contributed by atoms with Crippen molar-refractivity contribution in [3.8, 4) is 0 Å². The van der Waals surface area contributed by atoms with E-state index in [0.717, 1.165) is 10.7 Å². The summed E-state index contributed by atoms with van der Waals surface area (Å²) in [5, 5.41) is 6.99. The molecule has 0 saturated heterocycles. The minimum atomic E-state index is -0.314. The summed E-state index contributed by atoms with van der Waals surface area (Å²) < 4.78 is 8.07. The molecule has 0 aliphatic rings. The maximum atomic E-state index is 12.2. The molecule has 0 spiro atoms. The van der Waals surface area contributed by atoms with Crippen molar-refractivity contribution in [2.45, 2.75) is 39.5 Å². The van der Waals surface area contributed by atoms with E-state index < -0.39 is 0 Å². The van der Waals surface area contributed by atoms with E-state index in [1.54, 1.807) is 18.0 Å². The fourth-order valence-electron chi connectivity index (χ4n) is 1.69. The number of aromatic nitrogens is 4. The van der Waals surface area contributed by atoms with Crippen LogP contribution in [0.25, 0.3) is 0 Å². The highest BCUT2D eigenvalue weighted by Crippen LogP contribution is 2.12. The second-order valence-corrected chi connectivity index (χ2v) is 6.23. The van der Waals surface area contributed by atoms with E-state index in [-0.39, 0.29) is 11.2 Å². The number of hydrogen-bond acceptors (Lipinski definition) is 5. The van der Waals surface area contributed by atoms with Crippen LogP contribution < -0.4 is 5.69 Å². The van der Waals surface area contributed by atoms with Gasteiger partial charge < -0.3 is 4.74 Å². The third-order valence-electron chi connectivity index (χ3n) is 2.57. The third kappa shape index (κ3) is 3.10. The first-order valence-electron chi connectivity index (χ1n) is 5.99. The molecule has 0 aromatic carbocycles. The van der Waals surface area contributed by atoms with E-state index >= 15 is 0 Å². The molecule has 2 aromatic rings. The summed E-state index contributed by atoms with van der Waals surface area (Å²) in [6, 6.07) is 0. The molecule has 0 fully saturated rings. The highest BCUT2D eigenvalue weighted by molar-refractivity contribution is 7.09. The Labute approximate surface area is 115 Å². The Kier molecular flexibility index (Phi) is 3.86. The SMILES string of the molecule is COCc1nc(Cn2cnn(C(C)(C)C)c2=O)cs1. The second-order valence-electron chi connectivity index (χ2n) is 5.29. The summed E-state index contributed by atoms with van der Waals surface area (Å²) in [5.74, 6) is 0. The Balaban J connectivity index is 2.19. The Hall–Kier alpha value is -1.47. The van der Waals surface area contributed by atoms with Crippen LogP contribution in [0.4, 0.5) is 0 Å². The van der Waals surface area contributed by atoms with Crippen molar-refractivity contribution in [3.05, 3.63) is 32.9 Å². The van der Waals surface area contributed by atoms with Crippen LogP contribution in [0.15, 0.2) is 16.5 Å². The Bertz CT molecular complexity index is 606. The van der Waals surface area contributed by atoms with E-state index in [9.17, 15) is 4.79 Å². The van der Waals surface area contributed by atoms with Gasteiger partial charge in [0.05, 0.1) is 24.4 Å². The maximum absolute atomic E-state index is 12.2. The molecule has 0 saturated carbocycles. The predicted molar refractivity (Wildman–Crippen MR) is 73.4 cm³/mol. The molecule has 0 bridgehead atoms. The van der Waals surface area contributed by atoms with E-state index in [0.29, 0.717) is 13.2 Å². The van der Waals surface area contributed by atoms with Crippen LogP contribution >= 0.6 is 11.3 Å². The fourth-order valence-corrected chi connectivity index (χ4v) is 2.44. The van der Waals surface area contributed by atoms with Crippen LogP contribution in [0.1, 0.15) is 31.5 Å². The highest BCUT2D eigenvalue weighted by Gasteiger charge is 2.18. The smallest absolute Gasteiger partial charge is 0.346 e. The molecular weight excluding hydrogens is 264 g/mol. The number of thiazole rings is 1. The summed E-state index contributed by atoms with van der Waals surface area (Å²) in [7, 11) is 1.64. The Morgan fingerprint density at radius 2 is 2.16 bits per heavy atom. The summed E-state index contributed by atoms with van der Waals surface area (Å²) in [5.41, 5.74) is 0.424. The van der Waals surface area contributed by atoms with Crippen LogP contribution in [0, 0.1) is 0 Å². The molecule has 0 N–H and O–H groups in total. The second kappa shape index (κ2) is 5.26. The molecule has 2 aromatic heterocycles. The topological polar surface area (TPSA) is 61.9 Å². The van der Waals surface area contributed by atoms with Crippen LogP contribution in [0.2, 0.25) is 0 Å². The van der Waals surface area contributed by atoms with Crippen LogP contribution in [-0.4, -0.2) is 26.4 Å². The molecular formula is C12H18N4O2S. The molecule has 0 aliphatic heterocycles. The van der Waals surface area contributed by atoms with Gasteiger partial charge in [0.1, 0.15) is 11.3 Å². The molecule has 19 heavy (non-hydrogen) atoms. The zero-order chi connectivity index (χ0) is 14.0. The molecule has 7 heteroatoms. The molecule has 0 radical (unpaired) electrons. The molecule has 0 atom stereocenters. The molecule has 2 rings (SSSR count). The van der Waals surface area contributed by atoms with Gasteiger partial charge >= 0.3 is 5.69 Å². The lowest BCUT2D eigenvalue weighted by Gasteiger charge is -2.16. The number of ether oxygens (including phenoxy) is 1. The molecule has 6 nitrogen and oxygen atoms in total. The molecule has 2 heterocycles. The van der Waals surface area contributed by atoms with Crippen molar-refractivity contribution in [3.63, 3.8) is 0 Å². The fraction of sp³-hybridized carbons (Fsp3) is 0.583. The van der Waals surface area contributed by atoms with Gasteiger partial charge in [-0.25, -0.2) is 14.5 Å². The van der Waals surface area contributed by atoms with E-state index in [1.165, 1.54) is 16.0 Å². The van der Waals surface area contributed by atoms with Crippen LogP contribution in [-0.2, 0) is 23.4 Å². The standard InChI is InChI=1S/C12H18N4O2S/c1-12(2,3)16-11(17)15(8-13-16)5-9-7-19-10(14-9)6-18-4/h7-8H,5-6H2,1-4H3. The average Bonchev–Trinajstić information content (AvgIpc) is 2.88. The monoisotopic (exact) mass is 282 g/mol. The van der Waals surface area contributed by atoms with Gasteiger partial charge in [-0.05, 0) is 20.8 Å². The first-order valence-corrected chi connectivity index (χ1v) is 6.87. The van der Waals surface area contributed by atoms with Crippen LogP contribution in [0.3, 0.4) is 0 Å². The Morgan fingerprint density at radius 3 is 2.74 bits per heavy atom. The Morgan fingerprint density at radius 1 is 1.42 bits per heavy atom. The average molecular weight is 282 g/mol. The quantitative estimate of drug-likeness (QED) is 0.851. The van der Waals surface area contributed by atoms with Gasteiger partial charge in [-0.2, -0.15) is 5.10 Å². The normalized spacial score (nSPS) is 12.0. The molecule has 104 valence electrons. The zero-order valence-corrected chi connectivity index (χ0v) is 12.4. The summed E-state index contributed by atoms with van der Waals surface area (Å²) >= 11 is 1.53. The lowest BCUT2D eigenvalue weighted by molar-refractivity contribution is 0.184. The van der Waals surface area contributed by atoms with E-state index in [1.807, 2.05) is 26.2 Å². The molecule has 0 unspecified atom stereocenters. The van der Waals surface area contributed by atoms with Crippen molar-refractivity contribution in [2.24, 2.45) is 0 Å². The maximum Gasteiger partial charge on any atom is 0.346 e. The number of rotatable bonds is 4. The lowest BCUT2D eigenvalue weighted by atomic mass is 10.1. The number of hydrogen-bond donors (Lipinski definition) is 0. The van der Waals surface area contributed by atoms with Crippen molar-refractivity contribution >= 4 is 11.3 Å². The summed E-state index contributed by atoms with van der Waals surface area (Å²) in [4.78, 5) is 16.6. The summed E-state index contributed by atoms with van der Waals surface area (Å²) in [6.45, 7) is 6.79. The first-order chi connectivity index (χ1) is 8.91.